The first kappa shape index (κ1) is 9.58. The Balaban J connectivity index is 2.92. The molecule has 1 aromatic rings. The Morgan fingerprint density at radius 3 is 2.54 bits per heavy atom. The monoisotopic (exact) mass is 176 g/mol. The highest BCUT2D eigenvalue weighted by Crippen LogP contribution is 2.08. The van der Waals surface area contributed by atoms with Crippen molar-refractivity contribution < 1.29 is 4.79 Å². The average Bonchev–Trinajstić information content (AvgIpc) is 2.21. The van der Waals surface area contributed by atoms with Crippen molar-refractivity contribution in [3.8, 4) is 0 Å². The van der Waals surface area contributed by atoms with Gasteiger partial charge in [0.25, 0.3) is 0 Å². The first-order chi connectivity index (χ1) is 6.29. The van der Waals surface area contributed by atoms with Gasteiger partial charge in [-0.05, 0) is 18.9 Å². The quantitative estimate of drug-likeness (QED) is 0.522. The Morgan fingerprint density at radius 1 is 1.46 bits per heavy atom. The molecule has 3 nitrogen and oxygen atoms in total. The summed E-state index contributed by atoms with van der Waals surface area (Å²) in [6.45, 7) is 3.82. The summed E-state index contributed by atoms with van der Waals surface area (Å²) in [5.41, 5.74) is 1.35. The van der Waals surface area contributed by atoms with Crippen LogP contribution in [0.1, 0.15) is 30.6 Å². The van der Waals surface area contributed by atoms with E-state index >= 15 is 0 Å². The summed E-state index contributed by atoms with van der Waals surface area (Å²) in [4.78, 5) is 19.3. The number of allylic oxidation sites excluding steroid dienone is 2. The summed E-state index contributed by atoms with van der Waals surface area (Å²) in [5, 5.41) is 0. The van der Waals surface area contributed by atoms with E-state index < -0.39 is 0 Å². The van der Waals surface area contributed by atoms with Gasteiger partial charge in [-0.15, -0.1) is 0 Å². The number of ketones is 1. The summed E-state index contributed by atoms with van der Waals surface area (Å²) in [7, 11) is 0. The molecule has 1 heterocycles. The van der Waals surface area contributed by atoms with E-state index in [1.807, 2.05) is 19.9 Å². The SMILES string of the molecule is CC=C(CC)C(=O)c1cncnc1. The molecule has 0 saturated heterocycles. The Labute approximate surface area is 77.5 Å². The molecule has 1 aromatic heterocycles. The lowest BCUT2D eigenvalue weighted by Gasteiger charge is -2.00. The molecule has 0 aliphatic carbocycles. The lowest BCUT2D eigenvalue weighted by Crippen LogP contribution is -2.03. The van der Waals surface area contributed by atoms with Gasteiger partial charge in [0.2, 0.25) is 0 Å². The van der Waals surface area contributed by atoms with Crippen LogP contribution in [0.4, 0.5) is 0 Å². The highest BCUT2D eigenvalue weighted by molar-refractivity contribution is 6.08. The van der Waals surface area contributed by atoms with Crippen molar-refractivity contribution in [3.63, 3.8) is 0 Å². The van der Waals surface area contributed by atoms with Crippen molar-refractivity contribution >= 4 is 5.78 Å². The van der Waals surface area contributed by atoms with Crippen LogP contribution in [-0.2, 0) is 0 Å². The van der Waals surface area contributed by atoms with E-state index in [1.165, 1.54) is 18.7 Å². The smallest absolute Gasteiger partial charge is 0.191 e. The Hall–Kier alpha value is -1.51. The molecule has 0 aliphatic rings. The van der Waals surface area contributed by atoms with Gasteiger partial charge in [0.15, 0.2) is 5.78 Å². The molecule has 0 unspecified atom stereocenters. The zero-order valence-electron chi connectivity index (χ0n) is 7.82. The Kier molecular flexibility index (Phi) is 3.31. The van der Waals surface area contributed by atoms with Gasteiger partial charge in [-0.1, -0.05) is 13.0 Å². The Morgan fingerprint density at radius 2 is 2.08 bits per heavy atom. The van der Waals surface area contributed by atoms with E-state index in [0.717, 1.165) is 12.0 Å². The minimum absolute atomic E-state index is 0.0191. The van der Waals surface area contributed by atoms with E-state index in [1.54, 1.807) is 0 Å². The molecule has 0 aliphatic heterocycles. The minimum Gasteiger partial charge on any atom is -0.289 e. The van der Waals surface area contributed by atoms with Crippen molar-refractivity contribution in [2.24, 2.45) is 0 Å². The van der Waals surface area contributed by atoms with Crippen LogP contribution >= 0.6 is 0 Å². The molecule has 1 rings (SSSR count). The molecular formula is C10H12N2O. The minimum atomic E-state index is 0.0191. The molecule has 0 amide bonds. The van der Waals surface area contributed by atoms with E-state index in [9.17, 15) is 4.79 Å². The standard InChI is InChI=1S/C10H12N2O/c1-3-8(4-2)10(13)9-5-11-7-12-6-9/h3,5-7H,4H2,1-2H3. The van der Waals surface area contributed by atoms with Crippen molar-refractivity contribution in [2.45, 2.75) is 20.3 Å². The molecule has 0 fully saturated rings. The van der Waals surface area contributed by atoms with Crippen LogP contribution in [0.5, 0.6) is 0 Å². The van der Waals surface area contributed by atoms with Gasteiger partial charge in [0, 0.05) is 12.4 Å². The first-order valence-corrected chi connectivity index (χ1v) is 4.24. The van der Waals surface area contributed by atoms with Crippen molar-refractivity contribution in [3.05, 3.63) is 35.9 Å². The molecular weight excluding hydrogens is 164 g/mol. The van der Waals surface area contributed by atoms with Crippen LogP contribution < -0.4 is 0 Å². The lowest BCUT2D eigenvalue weighted by molar-refractivity contribution is 0.103. The molecule has 13 heavy (non-hydrogen) atoms. The second kappa shape index (κ2) is 4.50. The summed E-state index contributed by atoms with van der Waals surface area (Å²) in [6, 6.07) is 0. The van der Waals surface area contributed by atoms with E-state index in [4.69, 9.17) is 0 Å². The summed E-state index contributed by atoms with van der Waals surface area (Å²) in [5.74, 6) is 0.0191. The number of aromatic nitrogens is 2. The van der Waals surface area contributed by atoms with Crippen LogP contribution in [-0.4, -0.2) is 15.8 Å². The summed E-state index contributed by atoms with van der Waals surface area (Å²) >= 11 is 0. The molecule has 0 atom stereocenters. The van der Waals surface area contributed by atoms with E-state index in [-0.39, 0.29) is 5.78 Å². The van der Waals surface area contributed by atoms with Crippen LogP contribution in [0.2, 0.25) is 0 Å². The molecule has 0 aromatic carbocycles. The average molecular weight is 176 g/mol. The third kappa shape index (κ3) is 2.21. The van der Waals surface area contributed by atoms with Gasteiger partial charge in [0.05, 0.1) is 5.56 Å². The van der Waals surface area contributed by atoms with Crippen LogP contribution in [0.25, 0.3) is 0 Å². The number of Topliss-reactive ketones (excluding diaryl/α,β-unsaturated/α-hetero) is 1. The predicted molar refractivity (Wildman–Crippen MR) is 50.4 cm³/mol. The fraction of sp³-hybridized carbons (Fsp3) is 0.300. The van der Waals surface area contributed by atoms with Crippen molar-refractivity contribution in [1.82, 2.24) is 9.97 Å². The molecule has 0 bridgehead atoms. The number of carbonyl (C=O) groups excluding carboxylic acids is 1. The van der Waals surface area contributed by atoms with Gasteiger partial charge in [0.1, 0.15) is 6.33 Å². The van der Waals surface area contributed by atoms with E-state index in [0.29, 0.717) is 5.56 Å². The third-order valence-electron chi connectivity index (χ3n) is 1.84. The lowest BCUT2D eigenvalue weighted by atomic mass is 10.0. The number of hydrogen-bond acceptors (Lipinski definition) is 3. The Bertz CT molecular complexity index is 317. The number of rotatable bonds is 3. The van der Waals surface area contributed by atoms with Crippen LogP contribution in [0.3, 0.4) is 0 Å². The second-order valence-corrected chi connectivity index (χ2v) is 2.62. The molecule has 0 N–H and O–H groups in total. The highest BCUT2D eigenvalue weighted by atomic mass is 16.1. The van der Waals surface area contributed by atoms with Crippen LogP contribution in [0.15, 0.2) is 30.4 Å². The fourth-order valence-corrected chi connectivity index (χ4v) is 1.10. The van der Waals surface area contributed by atoms with Gasteiger partial charge in [-0.2, -0.15) is 0 Å². The number of nitrogens with zero attached hydrogens (tertiary/aromatic N) is 2. The largest absolute Gasteiger partial charge is 0.289 e. The van der Waals surface area contributed by atoms with Gasteiger partial charge in [-0.3, -0.25) is 4.79 Å². The van der Waals surface area contributed by atoms with Gasteiger partial charge >= 0.3 is 0 Å². The molecule has 0 saturated carbocycles. The van der Waals surface area contributed by atoms with Gasteiger partial charge in [-0.25, -0.2) is 9.97 Å². The maximum absolute atomic E-state index is 11.7. The van der Waals surface area contributed by atoms with Crippen molar-refractivity contribution in [1.29, 1.82) is 0 Å². The maximum atomic E-state index is 11.7. The third-order valence-corrected chi connectivity index (χ3v) is 1.84. The van der Waals surface area contributed by atoms with E-state index in [2.05, 4.69) is 9.97 Å². The molecule has 0 radical (unpaired) electrons. The van der Waals surface area contributed by atoms with Crippen LogP contribution in [0, 0.1) is 0 Å². The molecule has 0 spiro atoms. The molecule has 68 valence electrons. The maximum Gasteiger partial charge on any atom is 0.191 e. The van der Waals surface area contributed by atoms with Gasteiger partial charge < -0.3 is 0 Å². The number of hydrogen-bond donors (Lipinski definition) is 0. The second-order valence-electron chi connectivity index (χ2n) is 2.62. The highest BCUT2D eigenvalue weighted by Gasteiger charge is 2.09. The summed E-state index contributed by atoms with van der Waals surface area (Å²) < 4.78 is 0. The van der Waals surface area contributed by atoms with Crippen molar-refractivity contribution in [2.75, 3.05) is 0 Å². The zero-order valence-corrected chi connectivity index (χ0v) is 7.82. The first-order valence-electron chi connectivity index (χ1n) is 4.24. The number of carbonyl (C=O) groups is 1. The predicted octanol–water partition coefficient (Wildman–Crippen LogP) is 2.02. The zero-order chi connectivity index (χ0) is 9.68. The fourth-order valence-electron chi connectivity index (χ4n) is 1.10. The summed E-state index contributed by atoms with van der Waals surface area (Å²) in [6.07, 6.45) is 7.06. The molecule has 3 heteroatoms. The normalized spacial score (nSPS) is 11.4. The topological polar surface area (TPSA) is 42.9 Å².